The minimum atomic E-state index is -0.364. The number of aromatic nitrogens is 3. The Morgan fingerprint density at radius 1 is 1.33 bits per heavy atom. The molecule has 1 saturated carbocycles. The van der Waals surface area contributed by atoms with E-state index in [4.69, 9.17) is 9.26 Å². The highest BCUT2D eigenvalue weighted by molar-refractivity contribution is 7.13. The van der Waals surface area contributed by atoms with Crippen LogP contribution >= 0.6 is 11.3 Å². The molecular weight excluding hydrogens is 290 g/mol. The Morgan fingerprint density at radius 3 is 2.76 bits per heavy atom. The van der Waals surface area contributed by atoms with Gasteiger partial charge in [0.2, 0.25) is 11.7 Å². The molecule has 0 radical (unpaired) electrons. The molecule has 0 aliphatic heterocycles. The monoisotopic (exact) mass is 307 g/mol. The quantitative estimate of drug-likeness (QED) is 0.807. The van der Waals surface area contributed by atoms with Crippen LogP contribution in [0, 0.1) is 13.8 Å². The SMILES string of the molecule is Cc1nc(COC(=O)c2sc(C3CCCC3)nc2C)no1. The summed E-state index contributed by atoms with van der Waals surface area (Å²) in [5, 5.41) is 4.76. The summed E-state index contributed by atoms with van der Waals surface area (Å²) in [6, 6.07) is 0. The Labute approximate surface area is 126 Å². The van der Waals surface area contributed by atoms with Crippen molar-refractivity contribution in [3.63, 3.8) is 0 Å². The molecule has 2 aromatic rings. The predicted molar refractivity (Wildman–Crippen MR) is 76.2 cm³/mol. The molecule has 0 N–H and O–H groups in total. The van der Waals surface area contributed by atoms with Gasteiger partial charge in [-0.3, -0.25) is 0 Å². The van der Waals surface area contributed by atoms with Crippen molar-refractivity contribution in [1.82, 2.24) is 15.1 Å². The highest BCUT2D eigenvalue weighted by atomic mass is 32.1. The fraction of sp³-hybridized carbons (Fsp3) is 0.571. The lowest BCUT2D eigenvalue weighted by Gasteiger charge is -2.02. The van der Waals surface area contributed by atoms with Crippen LogP contribution in [-0.4, -0.2) is 21.1 Å². The molecule has 112 valence electrons. The van der Waals surface area contributed by atoms with Crippen molar-refractivity contribution >= 4 is 17.3 Å². The maximum Gasteiger partial charge on any atom is 0.350 e. The topological polar surface area (TPSA) is 78.1 Å². The summed E-state index contributed by atoms with van der Waals surface area (Å²) in [7, 11) is 0. The summed E-state index contributed by atoms with van der Waals surface area (Å²) in [4.78, 5) is 21.3. The lowest BCUT2D eigenvalue weighted by atomic mass is 10.1. The second-order valence-electron chi connectivity index (χ2n) is 5.25. The van der Waals surface area contributed by atoms with Gasteiger partial charge in [0.1, 0.15) is 4.88 Å². The van der Waals surface area contributed by atoms with Crippen LogP contribution in [0.4, 0.5) is 0 Å². The maximum atomic E-state index is 12.1. The van der Waals surface area contributed by atoms with Crippen molar-refractivity contribution in [3.8, 4) is 0 Å². The van der Waals surface area contributed by atoms with Crippen molar-refractivity contribution < 1.29 is 14.1 Å². The third-order valence-corrected chi connectivity index (χ3v) is 4.90. The molecule has 7 heteroatoms. The Kier molecular flexibility index (Phi) is 4.01. The molecule has 3 rings (SSSR count). The molecule has 0 amide bonds. The summed E-state index contributed by atoms with van der Waals surface area (Å²) in [6.45, 7) is 3.57. The van der Waals surface area contributed by atoms with Gasteiger partial charge in [0.05, 0.1) is 10.7 Å². The van der Waals surface area contributed by atoms with E-state index in [-0.39, 0.29) is 12.6 Å². The van der Waals surface area contributed by atoms with Gasteiger partial charge in [0.25, 0.3) is 0 Å². The van der Waals surface area contributed by atoms with E-state index in [2.05, 4.69) is 15.1 Å². The molecular formula is C14H17N3O3S. The number of nitrogens with zero attached hydrogens (tertiary/aromatic N) is 3. The smallest absolute Gasteiger partial charge is 0.350 e. The van der Waals surface area contributed by atoms with Gasteiger partial charge in [-0.25, -0.2) is 9.78 Å². The first-order valence-electron chi connectivity index (χ1n) is 7.07. The van der Waals surface area contributed by atoms with Crippen LogP contribution in [0.15, 0.2) is 4.52 Å². The third kappa shape index (κ3) is 3.12. The molecule has 1 aliphatic rings. The zero-order chi connectivity index (χ0) is 14.8. The van der Waals surface area contributed by atoms with E-state index in [1.807, 2.05) is 6.92 Å². The van der Waals surface area contributed by atoms with Crippen molar-refractivity contribution in [1.29, 1.82) is 0 Å². The first-order valence-corrected chi connectivity index (χ1v) is 7.89. The summed E-state index contributed by atoms with van der Waals surface area (Å²) >= 11 is 1.46. The van der Waals surface area contributed by atoms with Crippen molar-refractivity contribution in [3.05, 3.63) is 27.3 Å². The molecule has 6 nitrogen and oxygen atoms in total. The van der Waals surface area contributed by atoms with Crippen LogP contribution in [-0.2, 0) is 11.3 Å². The zero-order valence-corrected chi connectivity index (χ0v) is 12.9. The predicted octanol–water partition coefficient (Wildman–Crippen LogP) is 3.16. The molecule has 2 aromatic heterocycles. The minimum Gasteiger partial charge on any atom is -0.453 e. The number of carbonyl (C=O) groups is 1. The molecule has 0 unspecified atom stereocenters. The van der Waals surface area contributed by atoms with E-state index in [1.54, 1.807) is 6.92 Å². The minimum absolute atomic E-state index is 0.0201. The average molecular weight is 307 g/mol. The second-order valence-corrected chi connectivity index (χ2v) is 6.28. The molecule has 1 aliphatic carbocycles. The van der Waals surface area contributed by atoms with Gasteiger partial charge in [-0.2, -0.15) is 4.98 Å². The number of ether oxygens (including phenoxy) is 1. The average Bonchev–Trinajstić information content (AvgIpc) is 3.16. The van der Waals surface area contributed by atoms with E-state index in [1.165, 1.54) is 37.0 Å². The molecule has 2 heterocycles. The maximum absolute atomic E-state index is 12.1. The molecule has 0 atom stereocenters. The largest absolute Gasteiger partial charge is 0.453 e. The van der Waals surface area contributed by atoms with Gasteiger partial charge >= 0.3 is 5.97 Å². The first kappa shape index (κ1) is 14.2. The van der Waals surface area contributed by atoms with E-state index in [0.29, 0.717) is 22.5 Å². The van der Waals surface area contributed by atoms with E-state index >= 15 is 0 Å². The standard InChI is InChI=1S/C14H17N3O3S/c1-8-12(21-13(15-8)10-5-3-4-6-10)14(18)19-7-11-16-9(2)20-17-11/h10H,3-7H2,1-2H3. The van der Waals surface area contributed by atoms with Crippen molar-refractivity contribution in [2.75, 3.05) is 0 Å². The van der Waals surface area contributed by atoms with Crippen molar-refractivity contribution in [2.24, 2.45) is 0 Å². The first-order chi connectivity index (χ1) is 10.1. The van der Waals surface area contributed by atoms with Gasteiger partial charge in [-0.1, -0.05) is 18.0 Å². The summed E-state index contributed by atoms with van der Waals surface area (Å²) in [5.41, 5.74) is 0.746. The summed E-state index contributed by atoms with van der Waals surface area (Å²) < 4.78 is 10.1. The Hall–Kier alpha value is -1.76. The third-order valence-electron chi connectivity index (χ3n) is 3.60. The Morgan fingerprint density at radius 2 is 2.10 bits per heavy atom. The van der Waals surface area contributed by atoms with Gasteiger partial charge in [-0.15, -0.1) is 11.3 Å². The van der Waals surface area contributed by atoms with Crippen LogP contribution in [0.1, 0.15) is 63.7 Å². The molecule has 0 bridgehead atoms. The zero-order valence-electron chi connectivity index (χ0n) is 12.1. The lowest BCUT2D eigenvalue weighted by molar-refractivity contribution is 0.0464. The van der Waals surface area contributed by atoms with Gasteiger partial charge in [0.15, 0.2) is 6.61 Å². The number of aryl methyl sites for hydroxylation is 2. The molecule has 0 saturated heterocycles. The van der Waals surface area contributed by atoms with Crippen molar-refractivity contribution in [2.45, 2.75) is 52.1 Å². The normalized spacial score (nSPS) is 15.5. The Balaban J connectivity index is 1.66. The van der Waals surface area contributed by atoms with E-state index in [0.717, 1.165) is 10.7 Å². The van der Waals surface area contributed by atoms with Crippen LogP contribution in [0.25, 0.3) is 0 Å². The van der Waals surface area contributed by atoms with Crippen LogP contribution in [0.2, 0.25) is 0 Å². The second kappa shape index (κ2) is 5.93. The number of hydrogen-bond donors (Lipinski definition) is 0. The van der Waals surface area contributed by atoms with E-state index in [9.17, 15) is 4.79 Å². The van der Waals surface area contributed by atoms with Crippen LogP contribution in [0.5, 0.6) is 0 Å². The summed E-state index contributed by atoms with van der Waals surface area (Å²) in [6.07, 6.45) is 4.84. The number of rotatable bonds is 4. The molecule has 0 spiro atoms. The molecule has 21 heavy (non-hydrogen) atoms. The van der Waals surface area contributed by atoms with Gasteiger partial charge in [-0.05, 0) is 19.8 Å². The number of esters is 1. The number of hydrogen-bond acceptors (Lipinski definition) is 7. The lowest BCUT2D eigenvalue weighted by Crippen LogP contribution is -2.05. The van der Waals surface area contributed by atoms with Gasteiger partial charge in [0, 0.05) is 12.8 Å². The van der Waals surface area contributed by atoms with Gasteiger partial charge < -0.3 is 9.26 Å². The Bertz CT molecular complexity index is 644. The fourth-order valence-corrected chi connectivity index (χ4v) is 3.68. The van der Waals surface area contributed by atoms with Crippen LogP contribution < -0.4 is 0 Å². The fourth-order valence-electron chi connectivity index (χ4n) is 2.55. The van der Waals surface area contributed by atoms with E-state index < -0.39 is 0 Å². The molecule has 0 aromatic carbocycles. The molecule has 1 fully saturated rings. The number of thiazole rings is 1. The van der Waals surface area contributed by atoms with Crippen LogP contribution in [0.3, 0.4) is 0 Å². The summed E-state index contributed by atoms with van der Waals surface area (Å²) in [5.74, 6) is 0.976. The highest BCUT2D eigenvalue weighted by Crippen LogP contribution is 2.37. The number of carbonyl (C=O) groups excluding carboxylic acids is 1. The highest BCUT2D eigenvalue weighted by Gasteiger charge is 2.24.